The van der Waals surface area contributed by atoms with Crippen molar-refractivity contribution in [2.45, 2.75) is 11.8 Å². The predicted octanol–water partition coefficient (Wildman–Crippen LogP) is 5.33. The number of hydrogen-bond acceptors (Lipinski definition) is 5. The van der Waals surface area contributed by atoms with E-state index >= 15 is 0 Å². The van der Waals surface area contributed by atoms with Crippen molar-refractivity contribution in [3.05, 3.63) is 125 Å². The molecule has 8 nitrogen and oxygen atoms in total. The number of nitrogens with one attached hydrogen (secondary N) is 2. The van der Waals surface area contributed by atoms with Gasteiger partial charge < -0.3 is 5.32 Å². The molecule has 10 heteroatoms. The van der Waals surface area contributed by atoms with Crippen molar-refractivity contribution in [3.8, 4) is 0 Å². The van der Waals surface area contributed by atoms with E-state index in [4.69, 9.17) is 11.6 Å². The third-order valence-corrected chi connectivity index (χ3v) is 7.70. The molecule has 0 heterocycles. The number of hydrogen-bond donors (Lipinski definition) is 2. The van der Waals surface area contributed by atoms with Crippen molar-refractivity contribution in [2.75, 3.05) is 16.2 Å². The van der Waals surface area contributed by atoms with Crippen LogP contribution in [0.2, 0.25) is 5.02 Å². The lowest BCUT2D eigenvalue weighted by Crippen LogP contribution is -2.39. The van der Waals surface area contributed by atoms with Crippen LogP contribution < -0.4 is 15.0 Å². The van der Waals surface area contributed by atoms with Crippen LogP contribution in [0.1, 0.15) is 22.8 Å². The minimum Gasteiger partial charge on any atom is -0.322 e. The Morgan fingerprint density at radius 1 is 0.821 bits per heavy atom. The number of carbonyl (C=O) groups is 2. The van der Waals surface area contributed by atoms with Gasteiger partial charge >= 0.3 is 0 Å². The third-order valence-electron chi connectivity index (χ3n) is 5.66. The summed E-state index contributed by atoms with van der Waals surface area (Å²) in [5.41, 5.74) is 4.92. The molecule has 0 aliphatic carbocycles. The zero-order chi connectivity index (χ0) is 27.8. The Hall–Kier alpha value is -4.47. The summed E-state index contributed by atoms with van der Waals surface area (Å²) in [6, 6.07) is 29.8. The Kier molecular flexibility index (Phi) is 8.75. The quantitative estimate of drug-likeness (QED) is 0.213. The highest BCUT2D eigenvalue weighted by Crippen LogP contribution is 2.25. The van der Waals surface area contributed by atoms with Gasteiger partial charge in [0.15, 0.2) is 0 Å². The van der Waals surface area contributed by atoms with Crippen molar-refractivity contribution >= 4 is 50.5 Å². The van der Waals surface area contributed by atoms with E-state index in [1.807, 2.05) is 6.07 Å². The molecule has 39 heavy (non-hydrogen) atoms. The predicted molar refractivity (Wildman–Crippen MR) is 154 cm³/mol. The van der Waals surface area contributed by atoms with Crippen molar-refractivity contribution in [1.82, 2.24) is 5.43 Å². The zero-order valence-electron chi connectivity index (χ0n) is 20.9. The van der Waals surface area contributed by atoms with Crippen molar-refractivity contribution in [3.63, 3.8) is 0 Å². The Labute approximate surface area is 232 Å². The van der Waals surface area contributed by atoms with E-state index in [9.17, 15) is 18.0 Å². The van der Waals surface area contributed by atoms with Gasteiger partial charge in [-0.25, -0.2) is 13.8 Å². The van der Waals surface area contributed by atoms with Crippen LogP contribution in [0.5, 0.6) is 0 Å². The lowest BCUT2D eigenvalue weighted by atomic mass is 10.1. The van der Waals surface area contributed by atoms with Crippen molar-refractivity contribution < 1.29 is 18.0 Å². The van der Waals surface area contributed by atoms with Crippen LogP contribution in [0.15, 0.2) is 119 Å². The standard InChI is InChI=1S/C29H25ClN4O4S/c1-21(23-11-8-12-25(19-23)31-29(36)22-9-4-2-5-10-22)32-33-28(35)20-34(26-17-15-24(30)16-18-26)39(37,38)27-13-6-3-7-14-27/h2-19H,20H2,1H3,(H,31,36)(H,33,35). The summed E-state index contributed by atoms with van der Waals surface area (Å²) in [6.45, 7) is 1.18. The maximum Gasteiger partial charge on any atom is 0.264 e. The molecule has 198 valence electrons. The van der Waals surface area contributed by atoms with Gasteiger partial charge in [0.25, 0.3) is 21.8 Å². The van der Waals surface area contributed by atoms with Gasteiger partial charge in [-0.15, -0.1) is 0 Å². The van der Waals surface area contributed by atoms with Crippen LogP contribution in [0.3, 0.4) is 0 Å². The number of hydrazone groups is 1. The smallest absolute Gasteiger partial charge is 0.264 e. The van der Waals surface area contributed by atoms with Gasteiger partial charge in [0.05, 0.1) is 16.3 Å². The van der Waals surface area contributed by atoms with E-state index in [0.717, 1.165) is 4.31 Å². The highest BCUT2D eigenvalue weighted by Gasteiger charge is 2.27. The van der Waals surface area contributed by atoms with Crippen LogP contribution in [-0.4, -0.2) is 32.5 Å². The molecule has 2 N–H and O–H groups in total. The molecule has 0 aromatic heterocycles. The number of amides is 2. The first kappa shape index (κ1) is 27.6. The SMILES string of the molecule is CC(=NNC(=O)CN(c1ccc(Cl)cc1)S(=O)(=O)c1ccccc1)c1cccc(NC(=O)c2ccccc2)c1. The second-order valence-electron chi connectivity index (χ2n) is 8.43. The van der Waals surface area contributed by atoms with Crippen molar-refractivity contribution in [2.24, 2.45) is 5.10 Å². The fourth-order valence-electron chi connectivity index (χ4n) is 3.63. The fourth-order valence-corrected chi connectivity index (χ4v) is 5.20. The number of benzene rings is 4. The monoisotopic (exact) mass is 560 g/mol. The summed E-state index contributed by atoms with van der Waals surface area (Å²) >= 11 is 5.98. The molecular formula is C29H25ClN4O4S. The molecule has 4 rings (SSSR count). The molecule has 0 saturated carbocycles. The summed E-state index contributed by atoms with van der Waals surface area (Å²) in [5, 5.41) is 7.42. The second-order valence-corrected chi connectivity index (χ2v) is 10.7. The van der Waals surface area contributed by atoms with Crippen LogP contribution in [0.4, 0.5) is 11.4 Å². The average Bonchev–Trinajstić information content (AvgIpc) is 2.96. The molecule has 0 unspecified atom stereocenters. The molecule has 0 saturated heterocycles. The number of anilines is 2. The summed E-state index contributed by atoms with van der Waals surface area (Å²) in [5.74, 6) is -0.894. The van der Waals surface area contributed by atoms with E-state index < -0.39 is 22.5 Å². The van der Waals surface area contributed by atoms with E-state index in [2.05, 4.69) is 15.8 Å². The van der Waals surface area contributed by atoms with Gasteiger partial charge in [0.2, 0.25) is 0 Å². The minimum absolute atomic E-state index is 0.0433. The van der Waals surface area contributed by atoms with E-state index in [1.165, 1.54) is 24.3 Å². The van der Waals surface area contributed by atoms with Gasteiger partial charge in [-0.2, -0.15) is 5.10 Å². The number of halogens is 1. The van der Waals surface area contributed by atoms with Gasteiger partial charge in [-0.1, -0.05) is 60.1 Å². The van der Waals surface area contributed by atoms with Gasteiger partial charge in [-0.05, 0) is 73.2 Å². The molecular weight excluding hydrogens is 536 g/mol. The molecule has 2 amide bonds. The number of rotatable bonds is 9. The Morgan fingerprint density at radius 3 is 2.10 bits per heavy atom. The lowest BCUT2D eigenvalue weighted by molar-refractivity contribution is -0.119. The summed E-state index contributed by atoms with van der Waals surface area (Å²) in [6.07, 6.45) is 0. The second kappa shape index (κ2) is 12.4. The van der Waals surface area contributed by atoms with Crippen LogP contribution in [0, 0.1) is 0 Å². The third kappa shape index (κ3) is 7.10. The maximum atomic E-state index is 13.4. The van der Waals surface area contributed by atoms with Crippen LogP contribution in [0.25, 0.3) is 0 Å². The van der Waals surface area contributed by atoms with E-state index in [1.54, 1.807) is 85.8 Å². The number of nitrogens with zero attached hydrogens (tertiary/aromatic N) is 2. The molecule has 0 aliphatic heterocycles. The highest BCUT2D eigenvalue weighted by atomic mass is 35.5. The van der Waals surface area contributed by atoms with Gasteiger partial charge in [0.1, 0.15) is 6.54 Å². The molecule has 0 aliphatic rings. The molecule has 0 spiro atoms. The fraction of sp³-hybridized carbons (Fsp3) is 0.0690. The average molecular weight is 561 g/mol. The molecule has 0 radical (unpaired) electrons. The topological polar surface area (TPSA) is 108 Å². The highest BCUT2D eigenvalue weighted by molar-refractivity contribution is 7.92. The van der Waals surface area contributed by atoms with Gasteiger partial charge in [-0.3, -0.25) is 13.9 Å². The first-order valence-electron chi connectivity index (χ1n) is 11.9. The van der Waals surface area contributed by atoms with Crippen LogP contribution in [-0.2, 0) is 14.8 Å². The normalized spacial score (nSPS) is 11.5. The molecule has 4 aromatic rings. The molecule has 0 atom stereocenters. The summed E-state index contributed by atoms with van der Waals surface area (Å²) in [7, 11) is -4.05. The first-order chi connectivity index (χ1) is 18.7. The summed E-state index contributed by atoms with van der Waals surface area (Å²) in [4.78, 5) is 25.4. The molecule has 4 aromatic carbocycles. The lowest BCUT2D eigenvalue weighted by Gasteiger charge is -2.23. The Bertz CT molecular complexity index is 1590. The zero-order valence-corrected chi connectivity index (χ0v) is 22.5. The van der Waals surface area contributed by atoms with E-state index in [-0.39, 0.29) is 16.5 Å². The number of sulfonamides is 1. The Balaban J connectivity index is 1.49. The van der Waals surface area contributed by atoms with E-state index in [0.29, 0.717) is 27.5 Å². The van der Waals surface area contributed by atoms with Gasteiger partial charge in [0, 0.05) is 16.3 Å². The maximum absolute atomic E-state index is 13.4. The minimum atomic E-state index is -4.05. The number of carbonyl (C=O) groups excluding carboxylic acids is 2. The largest absolute Gasteiger partial charge is 0.322 e. The molecule has 0 bridgehead atoms. The first-order valence-corrected chi connectivity index (χ1v) is 13.7. The summed E-state index contributed by atoms with van der Waals surface area (Å²) < 4.78 is 27.8. The van der Waals surface area contributed by atoms with Crippen LogP contribution >= 0.6 is 11.6 Å². The Morgan fingerprint density at radius 2 is 1.44 bits per heavy atom. The van der Waals surface area contributed by atoms with Crippen molar-refractivity contribution in [1.29, 1.82) is 0 Å². The molecule has 0 fully saturated rings.